The Balaban J connectivity index is 3.25. The van der Waals surface area contributed by atoms with Crippen LogP contribution >= 0.6 is 11.6 Å². The Morgan fingerprint density at radius 3 is 2.12 bits per heavy atom. The van der Waals surface area contributed by atoms with Crippen molar-refractivity contribution in [3.8, 4) is 0 Å². The van der Waals surface area contributed by atoms with Crippen LogP contribution in [-0.2, 0) is 0 Å². The number of aryl methyl sites for hydroxylation is 1. The maximum atomic E-state index is 6.11. The molecule has 0 fully saturated rings. The standard InChI is InChI=1S/C13H22ClN3/c1-4-6-9(7-5-2)10-11(15)8(3)17-13(14)12(10)16/h9H,4-7,15-16H2,1-3H3. The van der Waals surface area contributed by atoms with E-state index in [0.29, 0.717) is 22.4 Å². The molecule has 1 rings (SSSR count). The first-order chi connectivity index (χ1) is 8.02. The summed E-state index contributed by atoms with van der Waals surface area (Å²) in [4.78, 5) is 4.15. The van der Waals surface area contributed by atoms with Gasteiger partial charge in [-0.3, -0.25) is 0 Å². The number of nitrogens with two attached hydrogens (primary N) is 2. The minimum Gasteiger partial charge on any atom is -0.397 e. The summed E-state index contributed by atoms with van der Waals surface area (Å²) in [6.45, 7) is 6.22. The predicted molar refractivity (Wildman–Crippen MR) is 75.4 cm³/mol. The molecule has 0 saturated carbocycles. The smallest absolute Gasteiger partial charge is 0.152 e. The van der Waals surface area contributed by atoms with Crippen LogP contribution in [0.1, 0.15) is 56.7 Å². The molecule has 0 aliphatic rings. The highest BCUT2D eigenvalue weighted by Crippen LogP contribution is 2.38. The van der Waals surface area contributed by atoms with Crippen molar-refractivity contribution in [1.82, 2.24) is 4.98 Å². The second-order valence-electron chi connectivity index (χ2n) is 4.50. The van der Waals surface area contributed by atoms with E-state index in [1.165, 1.54) is 0 Å². The average Bonchev–Trinajstić information content (AvgIpc) is 2.27. The van der Waals surface area contributed by atoms with Gasteiger partial charge in [0, 0.05) is 5.56 Å². The molecular formula is C13H22ClN3. The van der Waals surface area contributed by atoms with E-state index in [0.717, 1.165) is 36.9 Å². The molecule has 96 valence electrons. The van der Waals surface area contributed by atoms with E-state index >= 15 is 0 Å². The maximum Gasteiger partial charge on any atom is 0.152 e. The lowest BCUT2D eigenvalue weighted by atomic mass is 9.88. The number of aromatic nitrogens is 1. The summed E-state index contributed by atoms with van der Waals surface area (Å²) in [7, 11) is 0. The molecule has 0 amide bonds. The van der Waals surface area contributed by atoms with E-state index in [-0.39, 0.29) is 0 Å². The zero-order chi connectivity index (χ0) is 13.0. The first-order valence-electron chi connectivity index (χ1n) is 6.23. The highest BCUT2D eigenvalue weighted by Gasteiger charge is 2.20. The van der Waals surface area contributed by atoms with Gasteiger partial charge in [-0.1, -0.05) is 38.3 Å². The first-order valence-corrected chi connectivity index (χ1v) is 6.61. The monoisotopic (exact) mass is 255 g/mol. The van der Waals surface area contributed by atoms with Crippen LogP contribution in [0.25, 0.3) is 0 Å². The number of hydrogen-bond donors (Lipinski definition) is 2. The number of halogens is 1. The lowest BCUT2D eigenvalue weighted by Gasteiger charge is -2.21. The lowest BCUT2D eigenvalue weighted by Crippen LogP contribution is -2.10. The molecule has 1 aromatic heterocycles. The van der Waals surface area contributed by atoms with Gasteiger partial charge >= 0.3 is 0 Å². The second-order valence-corrected chi connectivity index (χ2v) is 4.86. The fraction of sp³-hybridized carbons (Fsp3) is 0.615. The van der Waals surface area contributed by atoms with Gasteiger partial charge in [0.25, 0.3) is 0 Å². The van der Waals surface area contributed by atoms with Gasteiger partial charge in [0.1, 0.15) is 0 Å². The molecule has 4 N–H and O–H groups in total. The van der Waals surface area contributed by atoms with Gasteiger partial charge in [0.2, 0.25) is 0 Å². The molecule has 3 nitrogen and oxygen atoms in total. The molecule has 0 aromatic carbocycles. The van der Waals surface area contributed by atoms with E-state index in [1.807, 2.05) is 6.92 Å². The van der Waals surface area contributed by atoms with E-state index < -0.39 is 0 Å². The first kappa shape index (κ1) is 14.1. The van der Waals surface area contributed by atoms with Crippen LogP contribution in [0, 0.1) is 6.92 Å². The summed E-state index contributed by atoms with van der Waals surface area (Å²) in [6, 6.07) is 0. The van der Waals surface area contributed by atoms with Crippen LogP contribution in [0.15, 0.2) is 0 Å². The molecule has 4 heteroatoms. The van der Waals surface area contributed by atoms with E-state index in [1.54, 1.807) is 0 Å². The predicted octanol–water partition coefficient (Wildman–Crippen LogP) is 3.89. The number of anilines is 2. The zero-order valence-electron chi connectivity index (χ0n) is 10.9. The van der Waals surface area contributed by atoms with Crippen LogP contribution in [0.2, 0.25) is 5.15 Å². The van der Waals surface area contributed by atoms with Crippen LogP contribution in [0.5, 0.6) is 0 Å². The molecule has 0 aliphatic heterocycles. The topological polar surface area (TPSA) is 64.9 Å². The van der Waals surface area contributed by atoms with Crippen molar-refractivity contribution < 1.29 is 0 Å². The zero-order valence-corrected chi connectivity index (χ0v) is 11.6. The Labute approximate surface area is 109 Å². The number of pyridine rings is 1. The normalized spacial score (nSPS) is 11.1. The summed E-state index contributed by atoms with van der Waals surface area (Å²) in [6.07, 6.45) is 4.40. The van der Waals surface area contributed by atoms with Crippen LogP contribution < -0.4 is 11.5 Å². The molecule has 0 spiro atoms. The van der Waals surface area contributed by atoms with E-state index in [2.05, 4.69) is 18.8 Å². The van der Waals surface area contributed by atoms with Gasteiger partial charge in [-0.2, -0.15) is 0 Å². The van der Waals surface area contributed by atoms with Crippen molar-refractivity contribution in [1.29, 1.82) is 0 Å². The van der Waals surface area contributed by atoms with Crippen molar-refractivity contribution in [3.63, 3.8) is 0 Å². The summed E-state index contributed by atoms with van der Waals surface area (Å²) < 4.78 is 0. The van der Waals surface area contributed by atoms with Crippen LogP contribution in [0.3, 0.4) is 0 Å². The van der Waals surface area contributed by atoms with Gasteiger partial charge in [0.05, 0.1) is 17.1 Å². The van der Waals surface area contributed by atoms with E-state index in [4.69, 9.17) is 23.1 Å². The Bertz CT molecular complexity index is 358. The van der Waals surface area contributed by atoms with Gasteiger partial charge in [-0.05, 0) is 25.7 Å². The van der Waals surface area contributed by atoms with Gasteiger partial charge < -0.3 is 11.5 Å². The summed E-state index contributed by atoms with van der Waals surface area (Å²) in [5, 5.41) is 0.379. The minimum atomic E-state index is 0.379. The Morgan fingerprint density at radius 2 is 1.65 bits per heavy atom. The molecule has 0 unspecified atom stereocenters. The van der Waals surface area contributed by atoms with E-state index in [9.17, 15) is 0 Å². The third-order valence-electron chi connectivity index (χ3n) is 3.14. The third-order valence-corrected chi connectivity index (χ3v) is 3.43. The fourth-order valence-electron chi connectivity index (χ4n) is 2.29. The Morgan fingerprint density at radius 1 is 1.12 bits per heavy atom. The molecule has 0 aliphatic carbocycles. The quantitative estimate of drug-likeness (QED) is 0.785. The lowest BCUT2D eigenvalue weighted by molar-refractivity contribution is 0.563. The number of hydrogen-bond acceptors (Lipinski definition) is 3. The molecule has 0 bridgehead atoms. The summed E-state index contributed by atoms with van der Waals surface area (Å²) in [5.41, 5.74) is 15.2. The number of rotatable bonds is 5. The van der Waals surface area contributed by atoms with Crippen molar-refractivity contribution in [2.24, 2.45) is 0 Å². The third kappa shape index (κ3) is 3.03. The van der Waals surface area contributed by atoms with Crippen molar-refractivity contribution in [3.05, 3.63) is 16.4 Å². The van der Waals surface area contributed by atoms with Gasteiger partial charge in [0.15, 0.2) is 5.15 Å². The average molecular weight is 256 g/mol. The largest absolute Gasteiger partial charge is 0.397 e. The summed E-state index contributed by atoms with van der Waals surface area (Å²) >= 11 is 6.04. The van der Waals surface area contributed by atoms with Gasteiger partial charge in [-0.15, -0.1) is 0 Å². The fourth-order valence-corrected chi connectivity index (χ4v) is 2.52. The van der Waals surface area contributed by atoms with Gasteiger partial charge in [-0.25, -0.2) is 4.98 Å². The molecular weight excluding hydrogens is 234 g/mol. The number of nitrogen functional groups attached to an aromatic ring is 2. The highest BCUT2D eigenvalue weighted by atomic mass is 35.5. The summed E-state index contributed by atoms with van der Waals surface area (Å²) in [5.74, 6) is 0.393. The molecule has 1 heterocycles. The molecule has 0 radical (unpaired) electrons. The van der Waals surface area contributed by atoms with Crippen LogP contribution in [0.4, 0.5) is 11.4 Å². The minimum absolute atomic E-state index is 0.379. The molecule has 1 aromatic rings. The molecule has 0 saturated heterocycles. The van der Waals surface area contributed by atoms with Crippen LogP contribution in [-0.4, -0.2) is 4.98 Å². The highest BCUT2D eigenvalue weighted by molar-refractivity contribution is 6.32. The maximum absolute atomic E-state index is 6.11. The second kappa shape index (κ2) is 6.10. The molecule has 17 heavy (non-hydrogen) atoms. The van der Waals surface area contributed by atoms with Crippen molar-refractivity contribution in [2.45, 2.75) is 52.4 Å². The Kier molecular flexibility index (Phi) is 5.06. The Hall–Kier alpha value is -0.960. The van der Waals surface area contributed by atoms with Crippen molar-refractivity contribution >= 4 is 23.0 Å². The van der Waals surface area contributed by atoms with Crippen molar-refractivity contribution in [2.75, 3.05) is 11.5 Å². The SMILES string of the molecule is CCCC(CCC)c1c(N)c(C)nc(Cl)c1N. The molecule has 0 atom stereocenters. The number of nitrogens with zero attached hydrogens (tertiary/aromatic N) is 1.